The van der Waals surface area contributed by atoms with E-state index in [0.29, 0.717) is 18.6 Å². The lowest BCUT2D eigenvalue weighted by molar-refractivity contribution is 0.00830. The average molecular weight is 218 g/mol. The van der Waals surface area contributed by atoms with Gasteiger partial charge in [0.2, 0.25) is 0 Å². The summed E-state index contributed by atoms with van der Waals surface area (Å²) < 4.78 is 5.80. The number of para-hydroxylation sites is 1. The van der Waals surface area contributed by atoms with E-state index in [1.54, 1.807) is 0 Å². The molecule has 0 atom stereocenters. The third-order valence-electron chi connectivity index (χ3n) is 3.37. The fourth-order valence-corrected chi connectivity index (χ4v) is 2.04. The number of fused-ring (bicyclic) bond motifs is 1. The zero-order chi connectivity index (χ0) is 11.8. The molecule has 0 aliphatic carbocycles. The Labute approximate surface area is 95.9 Å². The Kier molecular flexibility index (Phi) is 2.76. The molecular formula is C14H18O2. The summed E-state index contributed by atoms with van der Waals surface area (Å²) >= 11 is 0. The van der Waals surface area contributed by atoms with Gasteiger partial charge in [-0.3, -0.25) is 0 Å². The molecule has 1 N–H and O–H groups in total. The average Bonchev–Trinajstić information content (AvgIpc) is 2.74. The summed E-state index contributed by atoms with van der Waals surface area (Å²) in [5.41, 5.74) is 1.17. The van der Waals surface area contributed by atoms with Crippen LogP contribution < -0.4 is 0 Å². The molecule has 0 aliphatic heterocycles. The number of hydrogen-bond donors (Lipinski definition) is 1. The molecule has 86 valence electrons. The van der Waals surface area contributed by atoms with Crippen LogP contribution in [0.3, 0.4) is 0 Å². The summed E-state index contributed by atoms with van der Waals surface area (Å²) in [5, 5.41) is 11.5. The van der Waals surface area contributed by atoms with E-state index in [9.17, 15) is 5.11 Å². The van der Waals surface area contributed by atoms with Crippen molar-refractivity contribution in [2.45, 2.75) is 39.2 Å². The maximum absolute atomic E-state index is 10.4. The Bertz CT molecular complexity index is 492. The van der Waals surface area contributed by atoms with Crippen LogP contribution in [-0.4, -0.2) is 5.11 Å². The second-order valence-corrected chi connectivity index (χ2v) is 4.34. The minimum absolute atomic E-state index is 0.669. The zero-order valence-electron chi connectivity index (χ0n) is 10.1. The van der Waals surface area contributed by atoms with Crippen molar-refractivity contribution in [3.8, 4) is 0 Å². The minimum Gasteiger partial charge on any atom is -0.458 e. The zero-order valence-corrected chi connectivity index (χ0v) is 10.1. The van der Waals surface area contributed by atoms with Crippen molar-refractivity contribution in [2.24, 2.45) is 0 Å². The number of aryl methyl sites for hydroxylation is 1. The summed E-state index contributed by atoms with van der Waals surface area (Å²) in [6.07, 6.45) is 1.34. The molecule has 2 rings (SSSR count). The summed E-state index contributed by atoms with van der Waals surface area (Å²) in [5.74, 6) is 0.682. The molecule has 0 amide bonds. The van der Waals surface area contributed by atoms with Crippen LogP contribution >= 0.6 is 0 Å². The largest absolute Gasteiger partial charge is 0.458 e. The van der Waals surface area contributed by atoms with Crippen LogP contribution in [0.1, 0.15) is 38.0 Å². The molecule has 0 fully saturated rings. The van der Waals surface area contributed by atoms with E-state index < -0.39 is 5.60 Å². The van der Waals surface area contributed by atoms with Crippen LogP contribution in [0.15, 0.2) is 28.7 Å². The van der Waals surface area contributed by atoms with Crippen LogP contribution in [0.5, 0.6) is 0 Å². The predicted octanol–water partition coefficient (Wildman–Crippen LogP) is 3.75. The molecule has 0 saturated heterocycles. The fourth-order valence-electron chi connectivity index (χ4n) is 2.04. The van der Waals surface area contributed by atoms with Gasteiger partial charge < -0.3 is 9.52 Å². The Balaban J connectivity index is 2.59. The molecule has 0 unspecified atom stereocenters. The Morgan fingerprint density at radius 2 is 1.94 bits per heavy atom. The molecule has 2 aromatic rings. The lowest BCUT2D eigenvalue weighted by Crippen LogP contribution is -2.22. The van der Waals surface area contributed by atoms with Gasteiger partial charge in [-0.1, -0.05) is 32.0 Å². The van der Waals surface area contributed by atoms with Gasteiger partial charge in [0.15, 0.2) is 0 Å². The highest BCUT2D eigenvalue weighted by Gasteiger charge is 2.29. The van der Waals surface area contributed by atoms with Gasteiger partial charge in [-0.05, 0) is 31.4 Å². The van der Waals surface area contributed by atoms with Crippen LogP contribution in [-0.2, 0) is 5.60 Å². The van der Waals surface area contributed by atoms with E-state index >= 15 is 0 Å². The molecule has 1 heterocycles. The molecule has 16 heavy (non-hydrogen) atoms. The number of aliphatic hydroxyl groups is 1. The van der Waals surface area contributed by atoms with Crippen molar-refractivity contribution < 1.29 is 9.52 Å². The molecule has 2 nitrogen and oxygen atoms in total. The molecule has 0 spiro atoms. The van der Waals surface area contributed by atoms with E-state index in [1.165, 1.54) is 0 Å². The summed E-state index contributed by atoms with van der Waals surface area (Å²) in [4.78, 5) is 0. The van der Waals surface area contributed by atoms with E-state index in [0.717, 1.165) is 16.5 Å². The highest BCUT2D eigenvalue weighted by Crippen LogP contribution is 2.33. The third-order valence-corrected chi connectivity index (χ3v) is 3.37. The maximum Gasteiger partial charge on any atom is 0.137 e. The van der Waals surface area contributed by atoms with Gasteiger partial charge in [0, 0.05) is 5.39 Å². The summed E-state index contributed by atoms with van der Waals surface area (Å²) in [6.45, 7) is 5.97. The monoisotopic (exact) mass is 218 g/mol. The van der Waals surface area contributed by atoms with E-state index in [2.05, 4.69) is 0 Å². The Hall–Kier alpha value is -1.28. The van der Waals surface area contributed by atoms with Gasteiger partial charge in [0.1, 0.15) is 16.9 Å². The van der Waals surface area contributed by atoms with Crippen LogP contribution in [0.4, 0.5) is 0 Å². The number of benzene rings is 1. The molecule has 1 aromatic carbocycles. The number of hydrogen-bond acceptors (Lipinski definition) is 2. The highest BCUT2D eigenvalue weighted by atomic mass is 16.4. The van der Waals surface area contributed by atoms with E-state index in [1.807, 2.05) is 45.0 Å². The molecule has 2 heteroatoms. The first-order valence-electron chi connectivity index (χ1n) is 5.82. The Morgan fingerprint density at radius 3 is 2.50 bits per heavy atom. The fraction of sp³-hybridized carbons (Fsp3) is 0.429. The summed E-state index contributed by atoms with van der Waals surface area (Å²) in [6, 6.07) is 8.00. The molecule has 0 radical (unpaired) electrons. The van der Waals surface area contributed by atoms with Gasteiger partial charge in [-0.2, -0.15) is 0 Å². The van der Waals surface area contributed by atoms with E-state index in [4.69, 9.17) is 4.42 Å². The van der Waals surface area contributed by atoms with Crippen molar-refractivity contribution in [3.63, 3.8) is 0 Å². The molecular weight excluding hydrogens is 200 g/mol. The van der Waals surface area contributed by atoms with Gasteiger partial charge in [-0.15, -0.1) is 0 Å². The molecule has 0 bridgehead atoms. The lowest BCUT2D eigenvalue weighted by atomic mass is 9.94. The standard InChI is InChI=1S/C14H18O2/c1-4-14(15,5-2)12-9-11-8-6-7-10(3)13(11)16-12/h6-9,15H,4-5H2,1-3H3. The van der Waals surface area contributed by atoms with Gasteiger partial charge >= 0.3 is 0 Å². The van der Waals surface area contributed by atoms with Crippen molar-refractivity contribution in [3.05, 3.63) is 35.6 Å². The van der Waals surface area contributed by atoms with Gasteiger partial charge in [-0.25, -0.2) is 0 Å². The number of rotatable bonds is 3. The lowest BCUT2D eigenvalue weighted by Gasteiger charge is -2.21. The third kappa shape index (κ3) is 1.63. The maximum atomic E-state index is 10.4. The highest BCUT2D eigenvalue weighted by molar-refractivity contribution is 5.81. The molecule has 0 saturated carbocycles. The first-order valence-corrected chi connectivity index (χ1v) is 5.82. The second kappa shape index (κ2) is 3.95. The minimum atomic E-state index is -0.828. The predicted molar refractivity (Wildman–Crippen MR) is 65.4 cm³/mol. The van der Waals surface area contributed by atoms with Gasteiger partial charge in [0.25, 0.3) is 0 Å². The number of furan rings is 1. The topological polar surface area (TPSA) is 33.4 Å². The van der Waals surface area contributed by atoms with Crippen LogP contribution in [0.25, 0.3) is 11.0 Å². The van der Waals surface area contributed by atoms with Gasteiger partial charge in [0.05, 0.1) is 0 Å². The smallest absolute Gasteiger partial charge is 0.137 e. The quantitative estimate of drug-likeness (QED) is 0.851. The first kappa shape index (κ1) is 11.2. The normalized spacial score (nSPS) is 12.2. The van der Waals surface area contributed by atoms with Crippen molar-refractivity contribution in [1.82, 2.24) is 0 Å². The summed E-state index contributed by atoms with van der Waals surface area (Å²) in [7, 11) is 0. The second-order valence-electron chi connectivity index (χ2n) is 4.34. The van der Waals surface area contributed by atoms with Crippen molar-refractivity contribution >= 4 is 11.0 Å². The van der Waals surface area contributed by atoms with Crippen LogP contribution in [0, 0.1) is 6.92 Å². The molecule has 0 aliphatic rings. The van der Waals surface area contributed by atoms with Crippen molar-refractivity contribution in [2.75, 3.05) is 0 Å². The van der Waals surface area contributed by atoms with E-state index in [-0.39, 0.29) is 0 Å². The van der Waals surface area contributed by atoms with Crippen LogP contribution in [0.2, 0.25) is 0 Å². The SMILES string of the molecule is CCC(O)(CC)c1cc2cccc(C)c2o1. The molecule has 1 aromatic heterocycles. The Morgan fingerprint density at radius 1 is 1.25 bits per heavy atom. The van der Waals surface area contributed by atoms with Crippen molar-refractivity contribution in [1.29, 1.82) is 0 Å². The first-order chi connectivity index (χ1) is 7.60.